The van der Waals surface area contributed by atoms with Gasteiger partial charge in [0, 0.05) is 5.56 Å². The Labute approximate surface area is 121 Å². The van der Waals surface area contributed by atoms with E-state index in [0.717, 1.165) is 6.07 Å². The van der Waals surface area contributed by atoms with Crippen molar-refractivity contribution < 1.29 is 13.6 Å². The van der Waals surface area contributed by atoms with Gasteiger partial charge in [-0.15, -0.1) is 0 Å². The van der Waals surface area contributed by atoms with Crippen molar-refractivity contribution in [3.05, 3.63) is 62.6 Å². The molecule has 0 heterocycles. The van der Waals surface area contributed by atoms with Gasteiger partial charge in [0.25, 0.3) is 0 Å². The number of rotatable bonds is 2. The molecule has 2 aromatic rings. The largest absolute Gasteiger partial charge is 0.398 e. The first kappa shape index (κ1) is 14.0. The van der Waals surface area contributed by atoms with Crippen molar-refractivity contribution in [2.45, 2.75) is 0 Å². The quantitative estimate of drug-likeness (QED) is 0.503. The predicted octanol–water partition coefficient (Wildman–Crippen LogP) is 4.19. The van der Waals surface area contributed by atoms with Crippen LogP contribution in [0.5, 0.6) is 0 Å². The summed E-state index contributed by atoms with van der Waals surface area (Å²) in [6.45, 7) is 0. The summed E-state index contributed by atoms with van der Waals surface area (Å²) in [7, 11) is 0. The second-order valence-corrected chi connectivity index (χ2v) is 5.05. The van der Waals surface area contributed by atoms with Crippen LogP contribution in [-0.4, -0.2) is 5.78 Å². The highest BCUT2D eigenvalue weighted by molar-refractivity contribution is 9.10. The minimum atomic E-state index is -0.946. The third-order valence-corrected chi connectivity index (χ3v) is 3.49. The molecule has 0 spiro atoms. The van der Waals surface area contributed by atoms with Crippen LogP contribution in [0.4, 0.5) is 14.5 Å². The van der Waals surface area contributed by atoms with E-state index in [4.69, 9.17) is 17.3 Å². The van der Waals surface area contributed by atoms with Gasteiger partial charge in [0.05, 0.1) is 20.7 Å². The molecule has 2 aromatic carbocycles. The lowest BCUT2D eigenvalue weighted by atomic mass is 10.0. The highest BCUT2D eigenvalue weighted by Gasteiger charge is 2.21. The Bertz CT molecular complexity index is 676. The van der Waals surface area contributed by atoms with Gasteiger partial charge < -0.3 is 5.73 Å². The number of hydrogen-bond donors (Lipinski definition) is 1. The highest BCUT2D eigenvalue weighted by Crippen LogP contribution is 2.26. The van der Waals surface area contributed by atoms with Crippen molar-refractivity contribution in [3.63, 3.8) is 0 Å². The number of nitrogens with two attached hydrogens (primary N) is 1. The van der Waals surface area contributed by atoms with Crippen LogP contribution >= 0.6 is 27.5 Å². The van der Waals surface area contributed by atoms with Gasteiger partial charge in [0.15, 0.2) is 11.6 Å². The standard InChI is InChI=1S/C13H7BrClF2NO/c14-7-2-4-9(16)11(12(7)17)13(19)6-1-3-8(15)10(18)5-6/h1-5H,18H2. The number of hydrogen-bond acceptors (Lipinski definition) is 2. The number of ketones is 1. The lowest BCUT2D eigenvalue weighted by Crippen LogP contribution is -2.08. The van der Waals surface area contributed by atoms with Crippen LogP contribution in [0.25, 0.3) is 0 Å². The molecule has 0 amide bonds. The minimum absolute atomic E-state index is 0.0131. The molecule has 0 fully saturated rings. The van der Waals surface area contributed by atoms with E-state index in [1.165, 1.54) is 24.3 Å². The molecule has 2 N–H and O–H groups in total. The average Bonchev–Trinajstić information content (AvgIpc) is 2.37. The molecule has 0 aromatic heterocycles. The molecule has 0 bridgehead atoms. The molecule has 98 valence electrons. The predicted molar refractivity (Wildman–Crippen MR) is 73.4 cm³/mol. The van der Waals surface area contributed by atoms with Gasteiger partial charge in [-0.2, -0.15) is 0 Å². The fourth-order valence-electron chi connectivity index (χ4n) is 1.56. The summed E-state index contributed by atoms with van der Waals surface area (Å²) in [6, 6.07) is 6.25. The Balaban J connectivity index is 2.56. The Morgan fingerprint density at radius 3 is 2.53 bits per heavy atom. The summed E-state index contributed by atoms with van der Waals surface area (Å²) in [5.41, 5.74) is 5.17. The molecule has 2 nitrogen and oxygen atoms in total. The van der Waals surface area contributed by atoms with Gasteiger partial charge in [0.2, 0.25) is 0 Å². The lowest BCUT2D eigenvalue weighted by Gasteiger charge is -2.07. The topological polar surface area (TPSA) is 43.1 Å². The maximum atomic E-state index is 13.8. The second-order valence-electron chi connectivity index (χ2n) is 3.78. The maximum Gasteiger partial charge on any atom is 0.199 e. The number of halogens is 4. The van der Waals surface area contributed by atoms with Crippen molar-refractivity contribution >= 4 is 39.0 Å². The van der Waals surface area contributed by atoms with Crippen LogP contribution in [0.3, 0.4) is 0 Å². The van der Waals surface area contributed by atoms with E-state index < -0.39 is 23.0 Å². The zero-order valence-corrected chi connectivity index (χ0v) is 11.7. The van der Waals surface area contributed by atoms with Crippen molar-refractivity contribution in [2.75, 3.05) is 5.73 Å². The number of anilines is 1. The lowest BCUT2D eigenvalue weighted by molar-refractivity contribution is 0.103. The second kappa shape index (κ2) is 5.27. The fourth-order valence-corrected chi connectivity index (χ4v) is 2.01. The molecule has 0 saturated carbocycles. The minimum Gasteiger partial charge on any atom is -0.398 e. The van der Waals surface area contributed by atoms with Crippen LogP contribution in [-0.2, 0) is 0 Å². The molecule has 0 aliphatic heterocycles. The molecular weight excluding hydrogens is 340 g/mol. The fraction of sp³-hybridized carbons (Fsp3) is 0. The van der Waals surface area contributed by atoms with Gasteiger partial charge in [-0.1, -0.05) is 11.6 Å². The number of carbonyl (C=O) groups is 1. The molecule has 0 saturated heterocycles. The summed E-state index contributed by atoms with van der Waals surface area (Å²) in [6.07, 6.45) is 0. The third-order valence-electron chi connectivity index (χ3n) is 2.53. The molecule has 0 unspecified atom stereocenters. The van der Waals surface area contributed by atoms with Crippen LogP contribution < -0.4 is 5.73 Å². The van der Waals surface area contributed by atoms with Crippen molar-refractivity contribution in [1.29, 1.82) is 0 Å². The SMILES string of the molecule is Nc1cc(C(=O)c2c(F)ccc(Br)c2F)ccc1Cl. The van der Waals surface area contributed by atoms with Gasteiger partial charge in [0.1, 0.15) is 5.82 Å². The van der Waals surface area contributed by atoms with E-state index in [-0.39, 0.29) is 20.7 Å². The first-order chi connectivity index (χ1) is 8.91. The smallest absolute Gasteiger partial charge is 0.199 e. The molecule has 6 heteroatoms. The highest BCUT2D eigenvalue weighted by atomic mass is 79.9. The molecule has 2 rings (SSSR count). The normalized spacial score (nSPS) is 10.5. The molecule has 0 atom stereocenters. The van der Waals surface area contributed by atoms with E-state index in [1.54, 1.807) is 0 Å². The van der Waals surface area contributed by atoms with Gasteiger partial charge in [-0.3, -0.25) is 4.79 Å². The summed E-state index contributed by atoms with van der Waals surface area (Å²) in [5, 5.41) is 0.270. The van der Waals surface area contributed by atoms with Crippen molar-refractivity contribution in [2.24, 2.45) is 0 Å². The van der Waals surface area contributed by atoms with Gasteiger partial charge >= 0.3 is 0 Å². The molecule has 0 aliphatic rings. The van der Waals surface area contributed by atoms with E-state index >= 15 is 0 Å². The number of benzene rings is 2. The van der Waals surface area contributed by atoms with E-state index in [0.29, 0.717) is 0 Å². The first-order valence-corrected chi connectivity index (χ1v) is 6.32. The summed E-state index contributed by atoms with van der Waals surface area (Å²) >= 11 is 8.63. The summed E-state index contributed by atoms with van der Waals surface area (Å²) < 4.78 is 27.4. The Morgan fingerprint density at radius 1 is 1.21 bits per heavy atom. The molecule has 0 radical (unpaired) electrons. The molecule has 19 heavy (non-hydrogen) atoms. The molecule has 0 aliphatic carbocycles. The summed E-state index contributed by atoms with van der Waals surface area (Å²) in [5.74, 6) is -2.67. The maximum absolute atomic E-state index is 13.8. The zero-order valence-electron chi connectivity index (χ0n) is 9.38. The van der Waals surface area contributed by atoms with E-state index in [9.17, 15) is 13.6 Å². The van der Waals surface area contributed by atoms with Crippen molar-refractivity contribution in [3.8, 4) is 0 Å². The number of nitrogen functional groups attached to an aromatic ring is 1. The van der Waals surface area contributed by atoms with Crippen LogP contribution in [0, 0.1) is 11.6 Å². The Hall–Kier alpha value is -1.46. The van der Waals surface area contributed by atoms with Crippen molar-refractivity contribution in [1.82, 2.24) is 0 Å². The average molecular weight is 347 g/mol. The summed E-state index contributed by atoms with van der Waals surface area (Å²) in [4.78, 5) is 12.1. The van der Waals surface area contributed by atoms with Gasteiger partial charge in [-0.25, -0.2) is 8.78 Å². The van der Waals surface area contributed by atoms with Crippen LogP contribution in [0.1, 0.15) is 15.9 Å². The van der Waals surface area contributed by atoms with Crippen LogP contribution in [0.15, 0.2) is 34.8 Å². The monoisotopic (exact) mass is 345 g/mol. The van der Waals surface area contributed by atoms with E-state index in [2.05, 4.69) is 15.9 Å². The first-order valence-electron chi connectivity index (χ1n) is 5.15. The Morgan fingerprint density at radius 2 is 1.89 bits per heavy atom. The molecular formula is C13H7BrClF2NO. The Kier molecular flexibility index (Phi) is 3.87. The zero-order chi connectivity index (χ0) is 14.2. The van der Waals surface area contributed by atoms with Crippen LogP contribution in [0.2, 0.25) is 5.02 Å². The van der Waals surface area contributed by atoms with E-state index in [1.807, 2.05) is 0 Å². The number of carbonyl (C=O) groups excluding carboxylic acids is 1. The van der Waals surface area contributed by atoms with Gasteiger partial charge in [-0.05, 0) is 46.3 Å². The third kappa shape index (κ3) is 2.62.